The molecule has 0 saturated heterocycles. The van der Waals surface area contributed by atoms with E-state index in [0.29, 0.717) is 58.8 Å². The quantitative estimate of drug-likeness (QED) is 0.0610. The van der Waals surface area contributed by atoms with Crippen LogP contribution in [0.5, 0.6) is 46.0 Å². The van der Waals surface area contributed by atoms with E-state index >= 15 is 0 Å². The Morgan fingerprint density at radius 3 is 1.10 bits per heavy atom. The Morgan fingerprint density at radius 1 is 0.396 bits per heavy atom. The zero-order valence-corrected chi connectivity index (χ0v) is 30.0. The Kier molecular flexibility index (Phi) is 20.5. The number of benzene rings is 2. The number of ether oxygens (including phenoxy) is 12. The third-order valence-electron chi connectivity index (χ3n) is 7.25. The standard InChI is InChI=1S/C36H54O12/c1-37-23-45-31-21-29(41-5)35(47-25-39-3)27(33(31)43-7)19-17-15-13-11-9-10-12-14-16-18-20-28-34(44-8)32(46-24-38-2)22-30(42-6)36(28)48-26-40-4/h21-22H,11-20,23-26H2,1-8H3. The minimum Gasteiger partial charge on any atom is -0.493 e. The van der Waals surface area contributed by atoms with Crippen LogP contribution in [0.3, 0.4) is 0 Å². The monoisotopic (exact) mass is 678 g/mol. The Morgan fingerprint density at radius 2 is 0.771 bits per heavy atom. The molecule has 0 aromatic heterocycles. The van der Waals surface area contributed by atoms with Gasteiger partial charge in [0.15, 0.2) is 73.2 Å². The molecule has 270 valence electrons. The average Bonchev–Trinajstić information content (AvgIpc) is 3.11. The van der Waals surface area contributed by atoms with E-state index in [1.165, 1.54) is 0 Å². The predicted octanol–water partition coefficient (Wildman–Crippen LogP) is 6.56. The Balaban J connectivity index is 1.89. The van der Waals surface area contributed by atoms with Crippen LogP contribution in [0.1, 0.15) is 62.5 Å². The van der Waals surface area contributed by atoms with Gasteiger partial charge in [-0.3, -0.25) is 0 Å². The van der Waals surface area contributed by atoms with Gasteiger partial charge in [0.1, 0.15) is 0 Å². The van der Waals surface area contributed by atoms with Gasteiger partial charge in [-0.15, -0.1) is 11.8 Å². The first kappa shape index (κ1) is 40.4. The van der Waals surface area contributed by atoms with Gasteiger partial charge in [0.25, 0.3) is 0 Å². The van der Waals surface area contributed by atoms with Crippen LogP contribution in [-0.4, -0.2) is 84.1 Å². The SMILES string of the molecule is COCOc1cc(OC)c(OCOC)c(CCCCCC#CCCCCCc2c(OC)c(OCOC)cc(OC)c2OCOC)c1OC. The Hall–Kier alpha value is -3.76. The second-order valence-electron chi connectivity index (χ2n) is 10.5. The molecule has 0 N–H and O–H groups in total. The van der Waals surface area contributed by atoms with Gasteiger partial charge in [-0.2, -0.15) is 0 Å². The second-order valence-corrected chi connectivity index (χ2v) is 10.5. The van der Waals surface area contributed by atoms with Crippen molar-refractivity contribution in [2.45, 2.75) is 64.2 Å². The van der Waals surface area contributed by atoms with Gasteiger partial charge in [-0.25, -0.2) is 0 Å². The van der Waals surface area contributed by atoms with Crippen LogP contribution in [0.2, 0.25) is 0 Å². The average molecular weight is 679 g/mol. The van der Waals surface area contributed by atoms with Crippen molar-refractivity contribution >= 4 is 0 Å². The van der Waals surface area contributed by atoms with Crippen molar-refractivity contribution in [1.82, 2.24) is 0 Å². The highest BCUT2D eigenvalue weighted by molar-refractivity contribution is 5.62. The normalized spacial score (nSPS) is 10.6. The molecular formula is C36H54O12. The molecule has 2 rings (SSSR count). The number of methoxy groups -OCH3 is 8. The summed E-state index contributed by atoms with van der Waals surface area (Å²) >= 11 is 0. The van der Waals surface area contributed by atoms with E-state index in [4.69, 9.17) is 56.8 Å². The van der Waals surface area contributed by atoms with Crippen LogP contribution in [-0.2, 0) is 31.8 Å². The molecule has 0 aliphatic heterocycles. The fraction of sp³-hybridized carbons (Fsp3) is 0.611. The van der Waals surface area contributed by atoms with Crippen molar-refractivity contribution in [2.24, 2.45) is 0 Å². The lowest BCUT2D eigenvalue weighted by Crippen LogP contribution is -2.08. The summed E-state index contributed by atoms with van der Waals surface area (Å²) in [5.41, 5.74) is 1.74. The highest BCUT2D eigenvalue weighted by Gasteiger charge is 2.23. The fourth-order valence-corrected chi connectivity index (χ4v) is 5.08. The van der Waals surface area contributed by atoms with E-state index in [0.717, 1.165) is 62.5 Å². The molecule has 0 aliphatic rings. The highest BCUT2D eigenvalue weighted by Crippen LogP contribution is 2.46. The van der Waals surface area contributed by atoms with Gasteiger partial charge in [0, 0.05) is 64.5 Å². The zero-order valence-electron chi connectivity index (χ0n) is 30.0. The van der Waals surface area contributed by atoms with Crippen LogP contribution in [0.25, 0.3) is 0 Å². The van der Waals surface area contributed by atoms with E-state index in [9.17, 15) is 0 Å². The molecule has 48 heavy (non-hydrogen) atoms. The first-order valence-corrected chi connectivity index (χ1v) is 16.0. The van der Waals surface area contributed by atoms with Crippen molar-refractivity contribution in [3.05, 3.63) is 23.3 Å². The molecule has 0 fully saturated rings. The lowest BCUT2D eigenvalue weighted by atomic mass is 10.0. The minimum atomic E-state index is 0.0866. The van der Waals surface area contributed by atoms with Crippen LogP contribution in [0, 0.1) is 11.8 Å². The molecule has 0 radical (unpaired) electrons. The van der Waals surface area contributed by atoms with Crippen LogP contribution < -0.4 is 37.9 Å². The molecule has 0 bridgehead atoms. The number of hydrogen-bond donors (Lipinski definition) is 0. The number of unbranched alkanes of at least 4 members (excludes halogenated alkanes) is 6. The van der Waals surface area contributed by atoms with Crippen molar-refractivity contribution in [2.75, 3.05) is 84.1 Å². The lowest BCUT2D eigenvalue weighted by molar-refractivity contribution is 0.0444. The van der Waals surface area contributed by atoms with E-state index in [2.05, 4.69) is 11.8 Å². The van der Waals surface area contributed by atoms with Crippen LogP contribution in [0.15, 0.2) is 12.1 Å². The molecule has 2 aromatic rings. The molecule has 0 atom stereocenters. The summed E-state index contributed by atoms with van der Waals surface area (Å²) in [6.07, 6.45) is 8.94. The summed E-state index contributed by atoms with van der Waals surface area (Å²) in [5.74, 6) is 11.2. The summed E-state index contributed by atoms with van der Waals surface area (Å²) in [6, 6.07) is 3.48. The smallest absolute Gasteiger partial charge is 0.188 e. The topological polar surface area (TPSA) is 111 Å². The van der Waals surface area contributed by atoms with E-state index in [1.54, 1.807) is 69.0 Å². The molecule has 0 spiro atoms. The maximum Gasteiger partial charge on any atom is 0.188 e. The summed E-state index contributed by atoms with van der Waals surface area (Å²) in [7, 11) is 12.7. The first-order chi connectivity index (χ1) is 23.5. The third-order valence-corrected chi connectivity index (χ3v) is 7.25. The van der Waals surface area contributed by atoms with Gasteiger partial charge in [0.05, 0.1) is 28.4 Å². The molecule has 0 saturated carbocycles. The van der Waals surface area contributed by atoms with Crippen LogP contribution in [0.4, 0.5) is 0 Å². The zero-order chi connectivity index (χ0) is 35.0. The van der Waals surface area contributed by atoms with E-state index < -0.39 is 0 Å². The molecule has 12 heteroatoms. The molecule has 0 amide bonds. The van der Waals surface area contributed by atoms with Crippen molar-refractivity contribution in [3.63, 3.8) is 0 Å². The fourth-order valence-electron chi connectivity index (χ4n) is 5.08. The van der Waals surface area contributed by atoms with Crippen molar-refractivity contribution in [1.29, 1.82) is 0 Å². The predicted molar refractivity (Wildman–Crippen MR) is 181 cm³/mol. The highest BCUT2D eigenvalue weighted by atomic mass is 16.7. The van der Waals surface area contributed by atoms with Gasteiger partial charge >= 0.3 is 0 Å². The van der Waals surface area contributed by atoms with Crippen molar-refractivity contribution < 1.29 is 56.8 Å². The minimum absolute atomic E-state index is 0.0866. The number of hydrogen-bond acceptors (Lipinski definition) is 12. The molecule has 2 aromatic carbocycles. The molecule has 0 aliphatic carbocycles. The maximum absolute atomic E-state index is 5.88. The second kappa shape index (κ2) is 24.4. The Labute approximate surface area is 286 Å². The Bertz CT molecular complexity index is 1160. The van der Waals surface area contributed by atoms with Crippen molar-refractivity contribution in [3.8, 4) is 57.8 Å². The lowest BCUT2D eigenvalue weighted by Gasteiger charge is -2.20. The molecule has 12 nitrogen and oxygen atoms in total. The molecule has 0 unspecified atom stereocenters. The summed E-state index contributed by atoms with van der Waals surface area (Å²) in [4.78, 5) is 0. The summed E-state index contributed by atoms with van der Waals surface area (Å²) in [6.45, 7) is 0.348. The largest absolute Gasteiger partial charge is 0.493 e. The maximum atomic E-state index is 5.88. The van der Waals surface area contributed by atoms with E-state index in [-0.39, 0.29) is 27.2 Å². The molecular weight excluding hydrogens is 624 g/mol. The summed E-state index contributed by atoms with van der Waals surface area (Å²) in [5, 5.41) is 0. The van der Waals surface area contributed by atoms with Gasteiger partial charge < -0.3 is 56.8 Å². The van der Waals surface area contributed by atoms with Gasteiger partial charge in [0.2, 0.25) is 0 Å². The summed E-state index contributed by atoms with van der Waals surface area (Å²) < 4.78 is 66.3. The van der Waals surface area contributed by atoms with E-state index in [1.807, 2.05) is 0 Å². The van der Waals surface area contributed by atoms with Gasteiger partial charge in [-0.1, -0.05) is 12.8 Å². The van der Waals surface area contributed by atoms with Gasteiger partial charge in [-0.05, 0) is 38.5 Å². The number of rotatable bonds is 26. The third kappa shape index (κ3) is 12.7. The van der Waals surface area contributed by atoms with Crippen LogP contribution >= 0.6 is 0 Å². The molecule has 0 heterocycles. The first-order valence-electron chi connectivity index (χ1n) is 16.0.